The molecule has 0 atom stereocenters. The lowest BCUT2D eigenvalue weighted by molar-refractivity contribution is 0.477. The first kappa shape index (κ1) is 10.9. The summed E-state index contributed by atoms with van der Waals surface area (Å²) in [6, 6.07) is 10.3. The molecule has 18 heavy (non-hydrogen) atoms. The Hall–Kier alpha value is -2.20. The van der Waals surface area contributed by atoms with Crippen LogP contribution in [0.25, 0.3) is 22.2 Å². The summed E-state index contributed by atoms with van der Waals surface area (Å²) in [5.74, 6) is 0.134. The van der Waals surface area contributed by atoms with Crippen molar-refractivity contribution in [2.75, 3.05) is 5.73 Å². The summed E-state index contributed by atoms with van der Waals surface area (Å²) in [6.07, 6.45) is 0. The zero-order valence-corrected chi connectivity index (χ0v) is 10.1. The number of nitrogens with one attached hydrogen (secondary N) is 1. The second-order valence-electron chi connectivity index (χ2n) is 4.04. The number of H-pyrrole nitrogens is 1. The van der Waals surface area contributed by atoms with E-state index in [1.165, 1.54) is 0 Å². The smallest absolute Gasteiger partial charge is 0.125 e. The van der Waals surface area contributed by atoms with Crippen molar-refractivity contribution in [3.63, 3.8) is 0 Å². The van der Waals surface area contributed by atoms with Crippen LogP contribution in [-0.4, -0.2) is 15.3 Å². The second-order valence-corrected chi connectivity index (χ2v) is 4.48. The summed E-state index contributed by atoms with van der Waals surface area (Å²) in [5.41, 5.74) is 8.49. The topological polar surface area (TPSA) is 74.9 Å². The summed E-state index contributed by atoms with van der Waals surface area (Å²) in [5, 5.41) is 18.4. The number of phenolic OH excluding ortho intramolecular Hbond substituents is 1. The summed E-state index contributed by atoms with van der Waals surface area (Å²) in [4.78, 5) is 0. The van der Waals surface area contributed by atoms with Crippen LogP contribution < -0.4 is 5.73 Å². The minimum Gasteiger partial charge on any atom is -0.507 e. The van der Waals surface area contributed by atoms with Gasteiger partial charge in [-0.25, -0.2) is 0 Å². The number of aromatic amines is 1. The van der Waals surface area contributed by atoms with Crippen LogP contribution in [0.5, 0.6) is 5.75 Å². The summed E-state index contributed by atoms with van der Waals surface area (Å²) >= 11 is 5.94. The maximum atomic E-state index is 9.89. The molecule has 0 saturated carbocycles. The van der Waals surface area contributed by atoms with E-state index in [1.54, 1.807) is 24.3 Å². The minimum atomic E-state index is 0.134. The number of hydrogen-bond donors (Lipinski definition) is 3. The van der Waals surface area contributed by atoms with Crippen molar-refractivity contribution in [1.29, 1.82) is 0 Å². The highest BCUT2D eigenvalue weighted by Crippen LogP contribution is 2.35. The molecule has 0 aliphatic carbocycles. The average Bonchev–Trinajstić information content (AvgIpc) is 2.75. The van der Waals surface area contributed by atoms with Crippen LogP contribution >= 0.6 is 11.6 Å². The lowest BCUT2D eigenvalue weighted by Crippen LogP contribution is -1.84. The van der Waals surface area contributed by atoms with Crippen LogP contribution in [0.15, 0.2) is 36.4 Å². The van der Waals surface area contributed by atoms with Crippen LogP contribution in [-0.2, 0) is 0 Å². The Morgan fingerprint density at radius 3 is 2.83 bits per heavy atom. The van der Waals surface area contributed by atoms with Gasteiger partial charge in [-0.3, -0.25) is 5.10 Å². The van der Waals surface area contributed by atoms with Crippen molar-refractivity contribution in [1.82, 2.24) is 10.2 Å². The molecule has 3 aromatic rings. The van der Waals surface area contributed by atoms with E-state index in [9.17, 15) is 5.11 Å². The predicted molar refractivity (Wildman–Crippen MR) is 72.6 cm³/mol. The van der Waals surface area contributed by atoms with E-state index in [0.29, 0.717) is 22.0 Å². The molecule has 4 N–H and O–H groups in total. The van der Waals surface area contributed by atoms with Crippen LogP contribution in [0.1, 0.15) is 0 Å². The number of aromatic hydroxyl groups is 1. The van der Waals surface area contributed by atoms with Gasteiger partial charge < -0.3 is 10.8 Å². The maximum Gasteiger partial charge on any atom is 0.125 e. The van der Waals surface area contributed by atoms with E-state index in [2.05, 4.69) is 10.2 Å². The third-order valence-corrected chi connectivity index (χ3v) is 3.04. The van der Waals surface area contributed by atoms with Gasteiger partial charge in [0.15, 0.2) is 0 Å². The van der Waals surface area contributed by atoms with Crippen molar-refractivity contribution < 1.29 is 5.11 Å². The van der Waals surface area contributed by atoms with Crippen LogP contribution in [0, 0.1) is 0 Å². The molecule has 0 unspecified atom stereocenters. The monoisotopic (exact) mass is 259 g/mol. The van der Waals surface area contributed by atoms with Gasteiger partial charge in [0.1, 0.15) is 11.4 Å². The number of nitrogen functional groups attached to an aromatic ring is 1. The number of nitrogens with zero attached hydrogens (tertiary/aromatic N) is 1. The summed E-state index contributed by atoms with van der Waals surface area (Å²) in [6.45, 7) is 0. The largest absolute Gasteiger partial charge is 0.507 e. The number of anilines is 1. The number of phenols is 1. The first-order valence-electron chi connectivity index (χ1n) is 5.37. The van der Waals surface area contributed by atoms with Crippen molar-refractivity contribution >= 4 is 28.2 Å². The number of nitrogens with two attached hydrogens (primary N) is 1. The van der Waals surface area contributed by atoms with E-state index < -0.39 is 0 Å². The van der Waals surface area contributed by atoms with E-state index in [-0.39, 0.29) is 5.75 Å². The molecule has 0 fully saturated rings. The molecule has 1 aromatic heterocycles. The molecule has 0 radical (unpaired) electrons. The van der Waals surface area contributed by atoms with E-state index in [1.807, 2.05) is 12.1 Å². The number of hydrogen-bond acceptors (Lipinski definition) is 3. The molecule has 90 valence electrons. The van der Waals surface area contributed by atoms with Crippen molar-refractivity contribution in [3.05, 3.63) is 41.4 Å². The molecule has 0 saturated heterocycles. The van der Waals surface area contributed by atoms with Gasteiger partial charge in [0.05, 0.1) is 5.52 Å². The van der Waals surface area contributed by atoms with Gasteiger partial charge >= 0.3 is 0 Å². The average molecular weight is 260 g/mol. The van der Waals surface area contributed by atoms with Crippen molar-refractivity contribution in [3.8, 4) is 17.0 Å². The Morgan fingerprint density at radius 1 is 1.17 bits per heavy atom. The van der Waals surface area contributed by atoms with Gasteiger partial charge in [0.25, 0.3) is 0 Å². The Balaban J connectivity index is 2.31. The highest BCUT2D eigenvalue weighted by Gasteiger charge is 2.12. The fourth-order valence-electron chi connectivity index (χ4n) is 1.93. The van der Waals surface area contributed by atoms with Crippen LogP contribution in [0.2, 0.25) is 5.02 Å². The fourth-order valence-corrected chi connectivity index (χ4v) is 2.11. The number of halogens is 1. The highest BCUT2D eigenvalue weighted by molar-refractivity contribution is 6.31. The van der Waals surface area contributed by atoms with Gasteiger partial charge in [-0.1, -0.05) is 11.6 Å². The van der Waals surface area contributed by atoms with E-state index in [4.69, 9.17) is 17.3 Å². The normalized spacial score (nSPS) is 10.9. The molecule has 2 aromatic carbocycles. The predicted octanol–water partition coefficient (Wildman–Crippen LogP) is 3.17. The Labute approximate surface area is 108 Å². The minimum absolute atomic E-state index is 0.134. The van der Waals surface area contributed by atoms with E-state index >= 15 is 0 Å². The summed E-state index contributed by atoms with van der Waals surface area (Å²) in [7, 11) is 0. The molecule has 4 nitrogen and oxygen atoms in total. The third-order valence-electron chi connectivity index (χ3n) is 2.80. The lowest BCUT2D eigenvalue weighted by atomic mass is 10.1. The van der Waals surface area contributed by atoms with Gasteiger partial charge in [-0.2, -0.15) is 5.10 Å². The second kappa shape index (κ2) is 3.92. The first-order valence-corrected chi connectivity index (χ1v) is 5.75. The Kier molecular flexibility index (Phi) is 2.38. The number of fused-ring (bicyclic) bond motifs is 1. The molecule has 0 spiro atoms. The molecule has 0 bridgehead atoms. The van der Waals surface area contributed by atoms with Crippen LogP contribution in [0.4, 0.5) is 5.69 Å². The van der Waals surface area contributed by atoms with E-state index in [0.717, 1.165) is 10.9 Å². The fraction of sp³-hybridized carbons (Fsp3) is 0. The lowest BCUT2D eigenvalue weighted by Gasteiger charge is -2.03. The first-order chi connectivity index (χ1) is 8.65. The quantitative estimate of drug-likeness (QED) is 0.588. The molecule has 0 aliphatic rings. The SMILES string of the molecule is Nc1ccc2[nH]nc(-c3cc(Cl)ccc3O)c2c1. The molecule has 0 amide bonds. The van der Waals surface area contributed by atoms with Gasteiger partial charge in [0, 0.05) is 21.7 Å². The van der Waals surface area contributed by atoms with Gasteiger partial charge in [-0.15, -0.1) is 0 Å². The van der Waals surface area contributed by atoms with Crippen molar-refractivity contribution in [2.45, 2.75) is 0 Å². The third kappa shape index (κ3) is 1.67. The molecule has 1 heterocycles. The van der Waals surface area contributed by atoms with Gasteiger partial charge in [0.2, 0.25) is 0 Å². The Morgan fingerprint density at radius 2 is 2.00 bits per heavy atom. The van der Waals surface area contributed by atoms with Crippen molar-refractivity contribution in [2.24, 2.45) is 0 Å². The maximum absolute atomic E-state index is 9.89. The zero-order chi connectivity index (χ0) is 12.7. The Bertz CT molecular complexity index is 736. The standard InChI is InChI=1S/C13H10ClN3O/c14-7-1-4-12(18)10(5-7)13-9-6-8(15)2-3-11(9)16-17-13/h1-6,18H,15H2,(H,16,17). The number of rotatable bonds is 1. The number of aromatic nitrogens is 2. The molecule has 0 aliphatic heterocycles. The molecule has 3 rings (SSSR count). The molecular formula is C13H10ClN3O. The van der Waals surface area contributed by atoms with Crippen LogP contribution in [0.3, 0.4) is 0 Å². The highest BCUT2D eigenvalue weighted by atomic mass is 35.5. The number of benzene rings is 2. The summed E-state index contributed by atoms with van der Waals surface area (Å²) < 4.78 is 0. The molecular weight excluding hydrogens is 250 g/mol. The molecule has 5 heteroatoms. The zero-order valence-electron chi connectivity index (χ0n) is 9.31. The van der Waals surface area contributed by atoms with Gasteiger partial charge in [-0.05, 0) is 36.4 Å².